The normalized spacial score (nSPS) is 11.2. The molecule has 24 heavy (non-hydrogen) atoms. The van der Waals surface area contributed by atoms with E-state index in [4.69, 9.17) is 28.3 Å². The summed E-state index contributed by atoms with van der Waals surface area (Å²) in [5.74, 6) is -1.09. The molecule has 0 unspecified atom stereocenters. The standard InChI is InChI=1S/C15H11Cl2N3O4/c1-8(9-2-5-12(17)14(7-9)20(23)24)18-19-13-6-10(15(21)22)3-4-11(13)16/h2-7,19H,1H3,(H,21,22). The van der Waals surface area contributed by atoms with E-state index >= 15 is 0 Å². The van der Waals surface area contributed by atoms with Crippen molar-refractivity contribution in [1.82, 2.24) is 0 Å². The van der Waals surface area contributed by atoms with Gasteiger partial charge in [-0.25, -0.2) is 4.79 Å². The number of nitro benzene ring substituents is 1. The van der Waals surface area contributed by atoms with Gasteiger partial charge in [-0.3, -0.25) is 15.5 Å². The Hall–Kier alpha value is -2.64. The third-order valence-electron chi connectivity index (χ3n) is 3.12. The number of carboxylic acid groups (broad SMARTS) is 1. The van der Waals surface area contributed by atoms with Crippen LogP contribution in [0.2, 0.25) is 10.0 Å². The number of carbonyl (C=O) groups is 1. The van der Waals surface area contributed by atoms with Crippen molar-refractivity contribution in [2.24, 2.45) is 5.10 Å². The lowest BCUT2D eigenvalue weighted by Gasteiger charge is -2.07. The van der Waals surface area contributed by atoms with Crippen molar-refractivity contribution in [2.45, 2.75) is 6.92 Å². The van der Waals surface area contributed by atoms with E-state index in [2.05, 4.69) is 10.5 Å². The smallest absolute Gasteiger partial charge is 0.335 e. The largest absolute Gasteiger partial charge is 0.478 e. The number of aromatic carboxylic acids is 1. The lowest BCUT2D eigenvalue weighted by molar-refractivity contribution is -0.384. The van der Waals surface area contributed by atoms with E-state index in [0.29, 0.717) is 22.0 Å². The molecule has 0 spiro atoms. The monoisotopic (exact) mass is 367 g/mol. The van der Waals surface area contributed by atoms with Gasteiger partial charge in [0, 0.05) is 11.6 Å². The first-order valence-electron chi connectivity index (χ1n) is 6.57. The zero-order valence-corrected chi connectivity index (χ0v) is 13.8. The fourth-order valence-corrected chi connectivity index (χ4v) is 2.18. The van der Waals surface area contributed by atoms with Gasteiger partial charge in [0.25, 0.3) is 5.69 Å². The summed E-state index contributed by atoms with van der Waals surface area (Å²) < 4.78 is 0. The van der Waals surface area contributed by atoms with E-state index in [1.54, 1.807) is 13.0 Å². The molecule has 0 atom stereocenters. The van der Waals surface area contributed by atoms with Gasteiger partial charge in [0.05, 0.1) is 26.9 Å². The number of halogens is 2. The Kier molecular flexibility index (Phi) is 5.38. The van der Waals surface area contributed by atoms with Crippen LogP contribution < -0.4 is 5.43 Å². The van der Waals surface area contributed by atoms with E-state index < -0.39 is 10.9 Å². The molecule has 0 fully saturated rings. The zero-order valence-electron chi connectivity index (χ0n) is 12.3. The van der Waals surface area contributed by atoms with Gasteiger partial charge in [0.2, 0.25) is 0 Å². The van der Waals surface area contributed by atoms with Crippen LogP contribution in [0.3, 0.4) is 0 Å². The van der Waals surface area contributed by atoms with Crippen molar-refractivity contribution in [3.63, 3.8) is 0 Å². The highest BCUT2D eigenvalue weighted by Gasteiger charge is 2.14. The Morgan fingerprint density at radius 3 is 2.42 bits per heavy atom. The Bertz CT molecular complexity index is 853. The fourth-order valence-electron chi connectivity index (χ4n) is 1.83. The summed E-state index contributed by atoms with van der Waals surface area (Å²) in [4.78, 5) is 21.3. The Morgan fingerprint density at radius 2 is 1.79 bits per heavy atom. The average molecular weight is 368 g/mol. The van der Waals surface area contributed by atoms with Gasteiger partial charge in [-0.1, -0.05) is 29.3 Å². The van der Waals surface area contributed by atoms with Crippen LogP contribution in [0.5, 0.6) is 0 Å². The minimum atomic E-state index is -1.09. The predicted molar refractivity (Wildman–Crippen MR) is 92.4 cm³/mol. The maximum atomic E-state index is 11.0. The summed E-state index contributed by atoms with van der Waals surface area (Å²) in [6.07, 6.45) is 0. The molecule has 9 heteroatoms. The molecule has 0 heterocycles. The summed E-state index contributed by atoms with van der Waals surface area (Å²) in [6.45, 7) is 1.63. The topological polar surface area (TPSA) is 105 Å². The van der Waals surface area contributed by atoms with Crippen molar-refractivity contribution in [1.29, 1.82) is 0 Å². The molecule has 0 amide bonds. The molecule has 2 N–H and O–H groups in total. The summed E-state index contributed by atoms with van der Waals surface area (Å²) in [5, 5.41) is 24.3. The van der Waals surface area contributed by atoms with Crippen molar-refractivity contribution in [3.8, 4) is 0 Å². The number of hydrogen-bond acceptors (Lipinski definition) is 5. The molecule has 0 radical (unpaired) electrons. The molecule has 0 bridgehead atoms. The number of rotatable bonds is 5. The highest BCUT2D eigenvalue weighted by Crippen LogP contribution is 2.26. The molecule has 0 saturated heterocycles. The molecule has 7 nitrogen and oxygen atoms in total. The Morgan fingerprint density at radius 1 is 1.17 bits per heavy atom. The van der Waals surface area contributed by atoms with Crippen molar-refractivity contribution in [2.75, 3.05) is 5.43 Å². The van der Waals surface area contributed by atoms with Crippen molar-refractivity contribution >= 4 is 46.3 Å². The molecule has 2 aromatic rings. The lowest BCUT2D eigenvalue weighted by Crippen LogP contribution is -2.03. The number of benzene rings is 2. The Labute approximate surface area is 146 Å². The second-order valence-electron chi connectivity index (χ2n) is 4.73. The van der Waals surface area contributed by atoms with Gasteiger partial charge in [-0.05, 0) is 31.2 Å². The maximum absolute atomic E-state index is 11.0. The van der Waals surface area contributed by atoms with Gasteiger partial charge >= 0.3 is 5.97 Å². The average Bonchev–Trinajstić information content (AvgIpc) is 2.53. The summed E-state index contributed by atoms with van der Waals surface area (Å²) >= 11 is 11.8. The molecular weight excluding hydrogens is 357 g/mol. The van der Waals surface area contributed by atoms with Crippen LogP contribution in [-0.4, -0.2) is 21.7 Å². The summed E-state index contributed by atoms with van der Waals surface area (Å²) in [5.41, 5.74) is 3.72. The van der Waals surface area contributed by atoms with Crippen LogP contribution >= 0.6 is 23.2 Å². The number of anilines is 1. The number of hydrazone groups is 1. The van der Waals surface area contributed by atoms with Crippen molar-refractivity contribution in [3.05, 3.63) is 67.7 Å². The first-order chi connectivity index (χ1) is 11.3. The molecular formula is C15H11Cl2N3O4. The fraction of sp³-hybridized carbons (Fsp3) is 0.0667. The van der Waals surface area contributed by atoms with Crippen LogP contribution in [-0.2, 0) is 0 Å². The van der Waals surface area contributed by atoms with Gasteiger partial charge < -0.3 is 5.11 Å². The molecule has 2 aromatic carbocycles. The first kappa shape index (κ1) is 17.7. The molecule has 0 aliphatic heterocycles. The van der Waals surface area contributed by atoms with Crippen LogP contribution in [0.4, 0.5) is 11.4 Å². The third kappa shape index (κ3) is 4.01. The first-order valence-corrected chi connectivity index (χ1v) is 7.32. The van der Waals surface area contributed by atoms with Gasteiger partial charge in [-0.2, -0.15) is 5.10 Å². The lowest BCUT2D eigenvalue weighted by atomic mass is 10.1. The number of nitrogens with one attached hydrogen (secondary N) is 1. The number of nitrogens with zero attached hydrogens (tertiary/aromatic N) is 2. The van der Waals surface area contributed by atoms with Crippen LogP contribution in [0.15, 0.2) is 41.5 Å². The molecule has 0 aliphatic rings. The molecule has 0 aliphatic carbocycles. The number of hydrogen-bond donors (Lipinski definition) is 2. The summed E-state index contributed by atoms with van der Waals surface area (Å²) in [7, 11) is 0. The van der Waals surface area contributed by atoms with E-state index in [9.17, 15) is 14.9 Å². The van der Waals surface area contributed by atoms with Gasteiger partial charge in [-0.15, -0.1) is 0 Å². The van der Waals surface area contributed by atoms with Crippen LogP contribution in [0.25, 0.3) is 0 Å². The SMILES string of the molecule is CC(=NNc1cc(C(=O)O)ccc1Cl)c1ccc(Cl)c([N+](=O)[O-])c1. The van der Waals surface area contributed by atoms with Crippen molar-refractivity contribution < 1.29 is 14.8 Å². The number of nitro groups is 1. The van der Waals surface area contributed by atoms with Gasteiger partial charge in [0.15, 0.2) is 0 Å². The quantitative estimate of drug-likeness (QED) is 0.461. The van der Waals surface area contributed by atoms with E-state index in [-0.39, 0.29) is 16.3 Å². The minimum Gasteiger partial charge on any atom is -0.478 e. The van der Waals surface area contributed by atoms with Crippen LogP contribution in [0.1, 0.15) is 22.8 Å². The van der Waals surface area contributed by atoms with E-state index in [0.717, 1.165) is 0 Å². The second kappa shape index (κ2) is 7.29. The summed E-state index contributed by atoms with van der Waals surface area (Å²) in [6, 6.07) is 8.45. The highest BCUT2D eigenvalue weighted by molar-refractivity contribution is 6.33. The van der Waals surface area contributed by atoms with Crippen LogP contribution in [0, 0.1) is 10.1 Å². The second-order valence-corrected chi connectivity index (χ2v) is 5.55. The number of carboxylic acids is 1. The predicted octanol–water partition coefficient (Wildman–Crippen LogP) is 4.44. The Balaban J connectivity index is 2.30. The minimum absolute atomic E-state index is 0.0294. The van der Waals surface area contributed by atoms with E-state index in [1.807, 2.05) is 0 Å². The highest BCUT2D eigenvalue weighted by atomic mass is 35.5. The maximum Gasteiger partial charge on any atom is 0.335 e. The third-order valence-corrected chi connectivity index (χ3v) is 3.77. The molecule has 0 saturated carbocycles. The molecule has 0 aromatic heterocycles. The van der Waals surface area contributed by atoms with E-state index in [1.165, 1.54) is 30.3 Å². The molecule has 2 rings (SSSR count). The zero-order chi connectivity index (χ0) is 17.9. The van der Waals surface area contributed by atoms with Gasteiger partial charge in [0.1, 0.15) is 5.02 Å². The molecule has 124 valence electrons.